The first kappa shape index (κ1) is 15.3. The van der Waals surface area contributed by atoms with Gasteiger partial charge in [-0.15, -0.1) is 0 Å². The van der Waals surface area contributed by atoms with Crippen molar-refractivity contribution in [3.05, 3.63) is 70.8 Å². The highest BCUT2D eigenvalue weighted by atomic mass is 19.4. The van der Waals surface area contributed by atoms with Crippen molar-refractivity contribution in [3.8, 4) is 0 Å². The van der Waals surface area contributed by atoms with Crippen LogP contribution in [0.2, 0.25) is 0 Å². The molecule has 1 unspecified atom stereocenters. The smallest absolute Gasteiger partial charge is 0.384 e. The number of hydrogen-bond acceptors (Lipinski definition) is 2. The van der Waals surface area contributed by atoms with Gasteiger partial charge in [-0.05, 0) is 30.2 Å². The third kappa shape index (κ3) is 3.49. The summed E-state index contributed by atoms with van der Waals surface area (Å²) in [4.78, 5) is 11.2. The van der Waals surface area contributed by atoms with Crippen LogP contribution in [0.15, 0.2) is 48.5 Å². The molecule has 0 aromatic heterocycles. The Morgan fingerprint density at radius 3 is 1.76 bits per heavy atom. The summed E-state index contributed by atoms with van der Waals surface area (Å²) in [5, 5.41) is 10.1. The molecule has 0 saturated carbocycles. The summed E-state index contributed by atoms with van der Waals surface area (Å²) in [6.07, 6.45) is -5.43. The van der Waals surface area contributed by atoms with Gasteiger partial charge >= 0.3 is 6.18 Å². The van der Waals surface area contributed by atoms with Crippen LogP contribution in [0.5, 0.6) is 0 Å². The molecular weight excluding hydrogens is 281 g/mol. The Hall–Kier alpha value is -2.14. The average molecular weight is 294 g/mol. The Bertz CT molecular complexity index is 628. The first-order valence-corrected chi connectivity index (χ1v) is 6.25. The van der Waals surface area contributed by atoms with Crippen molar-refractivity contribution in [1.82, 2.24) is 0 Å². The highest BCUT2D eigenvalue weighted by Gasteiger charge is 2.30. The number of halogens is 3. The fraction of sp³-hybridized carbons (Fsp3) is 0.188. The van der Waals surface area contributed by atoms with Crippen LogP contribution >= 0.6 is 0 Å². The number of aliphatic hydroxyl groups excluding tert-OH is 1. The van der Waals surface area contributed by atoms with Gasteiger partial charge in [0.15, 0.2) is 5.78 Å². The van der Waals surface area contributed by atoms with E-state index in [1.807, 2.05) is 0 Å². The molecule has 1 N–H and O–H groups in total. The second-order valence-corrected chi connectivity index (χ2v) is 4.70. The van der Waals surface area contributed by atoms with Gasteiger partial charge in [0.2, 0.25) is 0 Å². The maximum atomic E-state index is 12.5. The molecule has 0 aliphatic rings. The van der Waals surface area contributed by atoms with Crippen molar-refractivity contribution >= 4 is 5.78 Å². The SMILES string of the molecule is CC(=O)c1ccc(C(O)c2ccc(C(F)(F)F)cc2)cc1. The van der Waals surface area contributed by atoms with Crippen LogP contribution in [0.3, 0.4) is 0 Å². The number of carbonyl (C=O) groups excluding carboxylic acids is 1. The molecule has 2 aromatic rings. The Balaban J connectivity index is 2.23. The summed E-state index contributed by atoms with van der Waals surface area (Å²) in [6.45, 7) is 1.43. The molecule has 0 bridgehead atoms. The minimum absolute atomic E-state index is 0.0921. The van der Waals surface area contributed by atoms with Gasteiger partial charge in [0.05, 0.1) is 5.56 Å². The zero-order chi connectivity index (χ0) is 15.6. The minimum atomic E-state index is -4.40. The molecule has 0 radical (unpaired) electrons. The second-order valence-electron chi connectivity index (χ2n) is 4.70. The number of hydrogen-bond donors (Lipinski definition) is 1. The number of rotatable bonds is 3. The predicted octanol–water partition coefficient (Wildman–Crippen LogP) is 3.99. The topological polar surface area (TPSA) is 37.3 Å². The van der Waals surface area contributed by atoms with Crippen LogP contribution in [-0.4, -0.2) is 10.9 Å². The largest absolute Gasteiger partial charge is 0.416 e. The number of carbonyl (C=O) groups is 1. The quantitative estimate of drug-likeness (QED) is 0.869. The molecule has 21 heavy (non-hydrogen) atoms. The van der Waals surface area contributed by atoms with Gasteiger partial charge in [-0.2, -0.15) is 13.2 Å². The number of benzene rings is 2. The molecule has 2 rings (SSSR count). The van der Waals surface area contributed by atoms with E-state index in [0.717, 1.165) is 12.1 Å². The maximum absolute atomic E-state index is 12.5. The summed E-state index contributed by atoms with van der Waals surface area (Å²) in [7, 11) is 0. The van der Waals surface area contributed by atoms with Crippen LogP contribution in [0.1, 0.15) is 40.1 Å². The Labute approximate surface area is 119 Å². The summed E-state index contributed by atoms with van der Waals surface area (Å²) < 4.78 is 37.4. The highest BCUT2D eigenvalue weighted by Crippen LogP contribution is 2.31. The molecule has 110 valence electrons. The van der Waals surface area contributed by atoms with Crippen LogP contribution in [0.4, 0.5) is 13.2 Å². The Kier molecular flexibility index (Phi) is 4.14. The third-order valence-electron chi connectivity index (χ3n) is 3.19. The van der Waals surface area contributed by atoms with E-state index in [0.29, 0.717) is 16.7 Å². The summed E-state index contributed by atoms with van der Waals surface area (Å²) in [5.74, 6) is -0.0921. The first-order chi connectivity index (χ1) is 9.79. The lowest BCUT2D eigenvalue weighted by molar-refractivity contribution is -0.137. The van der Waals surface area contributed by atoms with E-state index < -0.39 is 17.8 Å². The maximum Gasteiger partial charge on any atom is 0.416 e. The molecule has 1 atom stereocenters. The van der Waals surface area contributed by atoms with Crippen LogP contribution in [0, 0.1) is 0 Å². The summed E-state index contributed by atoms with van der Waals surface area (Å²) in [5.41, 5.74) is 0.627. The Morgan fingerprint density at radius 1 is 0.952 bits per heavy atom. The fourth-order valence-electron chi connectivity index (χ4n) is 1.95. The normalized spacial score (nSPS) is 13.0. The zero-order valence-corrected chi connectivity index (χ0v) is 11.2. The lowest BCUT2D eigenvalue weighted by Gasteiger charge is -2.13. The van der Waals surface area contributed by atoms with Crippen molar-refractivity contribution in [1.29, 1.82) is 0 Å². The van der Waals surface area contributed by atoms with Gasteiger partial charge in [0.25, 0.3) is 0 Å². The molecule has 2 aromatic carbocycles. The molecule has 0 spiro atoms. The number of Topliss-reactive ketones (excluding diaryl/α,β-unsaturated/α-hetero) is 1. The van der Waals surface area contributed by atoms with Gasteiger partial charge in [0, 0.05) is 5.56 Å². The molecule has 0 aliphatic heterocycles. The summed E-state index contributed by atoms with van der Waals surface area (Å²) in [6, 6.07) is 10.7. The van der Waals surface area contributed by atoms with Gasteiger partial charge in [-0.1, -0.05) is 36.4 Å². The molecule has 0 heterocycles. The van der Waals surface area contributed by atoms with E-state index in [1.165, 1.54) is 19.1 Å². The predicted molar refractivity (Wildman–Crippen MR) is 72.0 cm³/mol. The first-order valence-electron chi connectivity index (χ1n) is 6.25. The van der Waals surface area contributed by atoms with Gasteiger partial charge < -0.3 is 5.11 Å². The number of alkyl halides is 3. The van der Waals surface area contributed by atoms with Crippen molar-refractivity contribution in [3.63, 3.8) is 0 Å². The summed E-state index contributed by atoms with van der Waals surface area (Å²) >= 11 is 0. The molecule has 2 nitrogen and oxygen atoms in total. The van der Waals surface area contributed by atoms with Gasteiger partial charge in [-0.25, -0.2) is 0 Å². The van der Waals surface area contributed by atoms with Crippen LogP contribution in [0.25, 0.3) is 0 Å². The van der Waals surface area contributed by atoms with Crippen molar-refractivity contribution in [2.24, 2.45) is 0 Å². The number of aliphatic hydroxyl groups is 1. The van der Waals surface area contributed by atoms with E-state index in [1.54, 1.807) is 24.3 Å². The van der Waals surface area contributed by atoms with Gasteiger partial charge in [-0.3, -0.25) is 4.79 Å². The fourth-order valence-corrected chi connectivity index (χ4v) is 1.95. The standard InChI is InChI=1S/C16H13F3O2/c1-10(20)11-2-4-12(5-3-11)15(21)13-6-8-14(9-7-13)16(17,18)19/h2-9,15,21H,1H3. The zero-order valence-electron chi connectivity index (χ0n) is 11.2. The van der Waals surface area contributed by atoms with E-state index in [9.17, 15) is 23.1 Å². The van der Waals surface area contributed by atoms with Crippen molar-refractivity contribution < 1.29 is 23.1 Å². The third-order valence-corrected chi connectivity index (χ3v) is 3.19. The molecular formula is C16H13F3O2. The lowest BCUT2D eigenvalue weighted by atomic mass is 9.99. The highest BCUT2D eigenvalue weighted by molar-refractivity contribution is 5.94. The van der Waals surface area contributed by atoms with E-state index in [4.69, 9.17) is 0 Å². The monoisotopic (exact) mass is 294 g/mol. The Morgan fingerprint density at radius 2 is 1.38 bits per heavy atom. The van der Waals surface area contributed by atoms with Crippen molar-refractivity contribution in [2.75, 3.05) is 0 Å². The van der Waals surface area contributed by atoms with E-state index >= 15 is 0 Å². The van der Waals surface area contributed by atoms with Gasteiger partial charge in [0.1, 0.15) is 6.10 Å². The molecule has 5 heteroatoms. The second kappa shape index (κ2) is 5.69. The molecule has 0 aliphatic carbocycles. The molecule has 0 saturated heterocycles. The van der Waals surface area contributed by atoms with E-state index in [-0.39, 0.29) is 5.78 Å². The number of ketones is 1. The molecule has 0 amide bonds. The van der Waals surface area contributed by atoms with Crippen molar-refractivity contribution in [2.45, 2.75) is 19.2 Å². The minimum Gasteiger partial charge on any atom is -0.384 e. The van der Waals surface area contributed by atoms with Crippen LogP contribution < -0.4 is 0 Å². The van der Waals surface area contributed by atoms with Crippen LogP contribution in [-0.2, 0) is 6.18 Å². The molecule has 0 fully saturated rings. The lowest BCUT2D eigenvalue weighted by Crippen LogP contribution is -2.06. The van der Waals surface area contributed by atoms with E-state index in [2.05, 4.69) is 0 Å². The average Bonchev–Trinajstić information content (AvgIpc) is 2.46.